The molecule has 6 nitrogen and oxygen atoms in total. The van der Waals surface area contributed by atoms with E-state index in [1.54, 1.807) is 16.7 Å². The van der Waals surface area contributed by atoms with Crippen LogP contribution in [0.3, 0.4) is 0 Å². The average Bonchev–Trinajstić information content (AvgIpc) is 2.77. The van der Waals surface area contributed by atoms with Crippen molar-refractivity contribution in [3.05, 3.63) is 70.6 Å². The number of nitrogens with zero attached hydrogens (tertiary/aromatic N) is 3. The maximum absolute atomic E-state index is 11.7. The number of nitrogens with one attached hydrogen (secondary N) is 2. The van der Waals surface area contributed by atoms with E-state index in [2.05, 4.69) is 52.8 Å². The largest absolute Gasteiger partial charge is 0.357 e. The summed E-state index contributed by atoms with van der Waals surface area (Å²) in [6, 6.07) is 16.5. The highest BCUT2D eigenvalue weighted by molar-refractivity contribution is 14.0. The van der Waals surface area contributed by atoms with Gasteiger partial charge in [-0.05, 0) is 44.2 Å². The minimum Gasteiger partial charge on any atom is -0.357 e. The van der Waals surface area contributed by atoms with Crippen molar-refractivity contribution in [3.8, 4) is 0 Å². The molecule has 31 heavy (non-hydrogen) atoms. The Kier molecular flexibility index (Phi) is 11.7. The molecule has 1 aromatic carbocycles. The zero-order valence-corrected chi connectivity index (χ0v) is 20.8. The zero-order valence-electron chi connectivity index (χ0n) is 18.5. The number of halogens is 1. The van der Waals surface area contributed by atoms with E-state index in [0.29, 0.717) is 6.04 Å². The second kappa shape index (κ2) is 14.2. The summed E-state index contributed by atoms with van der Waals surface area (Å²) < 4.78 is 1.76. The lowest BCUT2D eigenvalue weighted by atomic mass is 10.0. The van der Waals surface area contributed by atoms with E-state index in [1.165, 1.54) is 5.56 Å². The van der Waals surface area contributed by atoms with E-state index in [0.717, 1.165) is 70.9 Å². The second-order valence-electron chi connectivity index (χ2n) is 7.88. The van der Waals surface area contributed by atoms with Crippen molar-refractivity contribution in [2.75, 3.05) is 26.2 Å². The molecule has 0 saturated carbocycles. The molecule has 2 aromatic rings. The number of pyridine rings is 1. The Morgan fingerprint density at radius 1 is 1.06 bits per heavy atom. The fourth-order valence-corrected chi connectivity index (χ4v) is 3.82. The third-order valence-electron chi connectivity index (χ3n) is 5.50. The van der Waals surface area contributed by atoms with Crippen LogP contribution in [0.15, 0.2) is 64.5 Å². The van der Waals surface area contributed by atoms with Gasteiger partial charge in [0.2, 0.25) is 5.56 Å². The molecule has 0 atom stereocenters. The molecule has 3 rings (SSSR count). The summed E-state index contributed by atoms with van der Waals surface area (Å²) in [5.41, 5.74) is 1.45. The number of likely N-dealkylation sites (tertiary alicyclic amines) is 1. The Bertz CT molecular complexity index is 831. The first-order valence-electron chi connectivity index (χ1n) is 11.2. The van der Waals surface area contributed by atoms with Crippen LogP contribution in [0.25, 0.3) is 0 Å². The summed E-state index contributed by atoms with van der Waals surface area (Å²) >= 11 is 0. The van der Waals surface area contributed by atoms with E-state index in [-0.39, 0.29) is 29.5 Å². The summed E-state index contributed by atoms with van der Waals surface area (Å²) in [5.74, 6) is 0.913. The van der Waals surface area contributed by atoms with Crippen LogP contribution in [0.4, 0.5) is 0 Å². The monoisotopic (exact) mass is 537 g/mol. The van der Waals surface area contributed by atoms with Gasteiger partial charge in [-0.25, -0.2) is 0 Å². The lowest BCUT2D eigenvalue weighted by molar-refractivity contribution is 0.198. The fourth-order valence-electron chi connectivity index (χ4n) is 3.82. The van der Waals surface area contributed by atoms with Crippen molar-refractivity contribution in [1.29, 1.82) is 0 Å². The number of rotatable bonds is 9. The van der Waals surface area contributed by atoms with Crippen molar-refractivity contribution >= 4 is 29.9 Å². The molecule has 0 bridgehead atoms. The van der Waals surface area contributed by atoms with Gasteiger partial charge in [-0.2, -0.15) is 0 Å². The fraction of sp³-hybridized carbons (Fsp3) is 0.500. The van der Waals surface area contributed by atoms with Crippen molar-refractivity contribution in [3.63, 3.8) is 0 Å². The summed E-state index contributed by atoms with van der Waals surface area (Å²) in [6.07, 6.45) is 6.03. The van der Waals surface area contributed by atoms with Crippen molar-refractivity contribution in [2.45, 2.75) is 51.7 Å². The normalized spacial score (nSPS) is 15.3. The number of aliphatic imine (C=N–C) groups is 1. The van der Waals surface area contributed by atoms with Crippen molar-refractivity contribution in [2.24, 2.45) is 4.99 Å². The van der Waals surface area contributed by atoms with Gasteiger partial charge in [-0.15, -0.1) is 24.0 Å². The molecule has 1 fully saturated rings. The predicted molar refractivity (Wildman–Crippen MR) is 139 cm³/mol. The molecule has 0 radical (unpaired) electrons. The minimum absolute atomic E-state index is 0. The SMILES string of the molecule is CCNC(=NCCCCn1ccccc1=O)NC1CCN(Cc2ccccc2)CC1.I. The van der Waals surface area contributed by atoms with Crippen molar-refractivity contribution in [1.82, 2.24) is 20.1 Å². The van der Waals surface area contributed by atoms with Crippen LogP contribution in [-0.2, 0) is 13.1 Å². The second-order valence-corrected chi connectivity index (χ2v) is 7.88. The number of piperidine rings is 1. The van der Waals surface area contributed by atoms with Gasteiger partial charge in [-0.3, -0.25) is 14.7 Å². The molecule has 1 saturated heterocycles. The number of benzene rings is 1. The van der Waals surface area contributed by atoms with E-state index < -0.39 is 0 Å². The summed E-state index contributed by atoms with van der Waals surface area (Å²) in [4.78, 5) is 19.0. The van der Waals surface area contributed by atoms with Gasteiger partial charge >= 0.3 is 0 Å². The first kappa shape index (κ1) is 25.4. The van der Waals surface area contributed by atoms with Crippen LogP contribution in [0.1, 0.15) is 38.2 Å². The maximum atomic E-state index is 11.7. The molecular weight excluding hydrogens is 501 g/mol. The van der Waals surface area contributed by atoms with E-state index in [9.17, 15) is 4.79 Å². The molecule has 0 aliphatic carbocycles. The minimum atomic E-state index is 0. The third-order valence-corrected chi connectivity index (χ3v) is 5.50. The molecule has 1 aromatic heterocycles. The lowest BCUT2D eigenvalue weighted by Gasteiger charge is -2.33. The van der Waals surface area contributed by atoms with Gasteiger partial charge in [0.25, 0.3) is 0 Å². The van der Waals surface area contributed by atoms with Crippen molar-refractivity contribution < 1.29 is 0 Å². The highest BCUT2D eigenvalue weighted by atomic mass is 127. The quantitative estimate of drug-likeness (QED) is 0.223. The highest BCUT2D eigenvalue weighted by Gasteiger charge is 2.19. The first-order valence-corrected chi connectivity index (χ1v) is 11.2. The Balaban J connectivity index is 0.00000341. The van der Waals surface area contributed by atoms with Crippen LogP contribution in [0, 0.1) is 0 Å². The number of aromatic nitrogens is 1. The van der Waals surface area contributed by atoms with Gasteiger partial charge in [0.15, 0.2) is 5.96 Å². The van der Waals surface area contributed by atoms with E-state index in [4.69, 9.17) is 4.99 Å². The van der Waals surface area contributed by atoms with Gasteiger partial charge in [-0.1, -0.05) is 36.4 Å². The van der Waals surface area contributed by atoms with E-state index in [1.807, 2.05) is 12.3 Å². The van der Waals surface area contributed by atoms with Gasteiger partial charge < -0.3 is 15.2 Å². The molecule has 0 spiro atoms. The molecule has 2 heterocycles. The number of aryl methyl sites for hydroxylation is 1. The van der Waals surface area contributed by atoms with Crippen LogP contribution in [-0.4, -0.2) is 47.6 Å². The Morgan fingerprint density at radius 2 is 1.81 bits per heavy atom. The van der Waals surface area contributed by atoms with Crippen LogP contribution >= 0.6 is 24.0 Å². The smallest absolute Gasteiger partial charge is 0.250 e. The molecule has 0 amide bonds. The van der Waals surface area contributed by atoms with Gasteiger partial charge in [0.05, 0.1) is 0 Å². The average molecular weight is 537 g/mol. The summed E-state index contributed by atoms with van der Waals surface area (Å²) in [6.45, 7) is 7.73. The number of unbranched alkanes of at least 4 members (excludes halogenated alkanes) is 1. The lowest BCUT2D eigenvalue weighted by Crippen LogP contribution is -2.48. The molecule has 170 valence electrons. The van der Waals surface area contributed by atoms with Gasteiger partial charge in [0, 0.05) is 57.6 Å². The topological polar surface area (TPSA) is 61.7 Å². The Labute approximate surface area is 203 Å². The molecule has 2 N–H and O–H groups in total. The molecule has 1 aliphatic heterocycles. The first-order chi connectivity index (χ1) is 14.7. The van der Waals surface area contributed by atoms with Crippen LogP contribution < -0.4 is 16.2 Å². The van der Waals surface area contributed by atoms with E-state index >= 15 is 0 Å². The molecule has 0 unspecified atom stereocenters. The molecule has 7 heteroatoms. The Hall–Kier alpha value is -1.87. The number of hydrogen-bond donors (Lipinski definition) is 2. The number of hydrogen-bond acceptors (Lipinski definition) is 3. The standard InChI is InChI=1S/C24H35N5O.HI/c1-2-25-24(26-15-7-9-17-29-16-8-6-12-23(29)30)27-22-13-18-28(19-14-22)20-21-10-4-3-5-11-21;/h3-6,8,10-12,16,22H,2,7,9,13-15,17-20H2,1H3,(H2,25,26,27);1H. The number of guanidine groups is 1. The maximum Gasteiger partial charge on any atom is 0.250 e. The Morgan fingerprint density at radius 3 is 2.52 bits per heavy atom. The highest BCUT2D eigenvalue weighted by Crippen LogP contribution is 2.13. The zero-order chi connectivity index (χ0) is 21.0. The predicted octanol–water partition coefficient (Wildman–Crippen LogP) is 3.47. The molecular formula is C24H36IN5O. The summed E-state index contributed by atoms with van der Waals surface area (Å²) in [5, 5.41) is 6.98. The van der Waals surface area contributed by atoms with Crippen LogP contribution in [0.2, 0.25) is 0 Å². The summed E-state index contributed by atoms with van der Waals surface area (Å²) in [7, 11) is 0. The molecule has 1 aliphatic rings. The van der Waals surface area contributed by atoms with Gasteiger partial charge in [0.1, 0.15) is 0 Å². The third kappa shape index (κ3) is 9.03. The van der Waals surface area contributed by atoms with Crippen LogP contribution in [0.5, 0.6) is 0 Å².